The zero-order valence-electron chi connectivity index (χ0n) is 13.3. The first kappa shape index (κ1) is 16.5. The van der Waals surface area contributed by atoms with E-state index in [1.165, 1.54) is 0 Å². The van der Waals surface area contributed by atoms with Gasteiger partial charge in [-0.1, -0.05) is 25.1 Å². The van der Waals surface area contributed by atoms with Crippen LogP contribution in [0.3, 0.4) is 0 Å². The maximum Gasteiger partial charge on any atom is 0.323 e. The molecule has 1 aromatic heterocycles. The van der Waals surface area contributed by atoms with Gasteiger partial charge in [-0.05, 0) is 48.2 Å². The van der Waals surface area contributed by atoms with Crippen LogP contribution in [0.25, 0.3) is 11.0 Å². The van der Waals surface area contributed by atoms with Crippen LogP contribution in [0.2, 0.25) is 0 Å². The van der Waals surface area contributed by atoms with Gasteiger partial charge < -0.3 is 9.97 Å². The molecule has 0 radical (unpaired) electrons. The molecule has 3 aromatic rings. The van der Waals surface area contributed by atoms with Crippen molar-refractivity contribution in [1.29, 1.82) is 0 Å². The van der Waals surface area contributed by atoms with Gasteiger partial charge in [-0.25, -0.2) is 17.9 Å². The Morgan fingerprint density at radius 3 is 2.33 bits per heavy atom. The minimum atomic E-state index is -3.51. The quantitative estimate of drug-likeness (QED) is 0.637. The molecule has 0 unspecified atom stereocenters. The van der Waals surface area contributed by atoms with E-state index in [1.807, 2.05) is 31.2 Å². The highest BCUT2D eigenvalue weighted by Gasteiger charge is 2.13. The third-order valence-electron chi connectivity index (χ3n) is 3.93. The number of aromatic nitrogens is 2. The Morgan fingerprint density at radius 2 is 1.62 bits per heavy atom. The van der Waals surface area contributed by atoms with Gasteiger partial charge in [0.1, 0.15) is 0 Å². The average molecular weight is 345 g/mol. The summed E-state index contributed by atoms with van der Waals surface area (Å²) < 4.78 is 27.2. The first-order valence-electron chi connectivity index (χ1n) is 7.77. The van der Waals surface area contributed by atoms with Gasteiger partial charge in [-0.3, -0.25) is 0 Å². The molecule has 0 aliphatic heterocycles. The van der Waals surface area contributed by atoms with E-state index in [9.17, 15) is 13.2 Å². The number of imidazole rings is 1. The van der Waals surface area contributed by atoms with E-state index in [0.29, 0.717) is 6.42 Å². The van der Waals surface area contributed by atoms with E-state index in [0.717, 1.165) is 28.6 Å². The maximum atomic E-state index is 12.3. The summed E-state index contributed by atoms with van der Waals surface area (Å²) >= 11 is 0. The highest BCUT2D eigenvalue weighted by Crippen LogP contribution is 2.12. The summed E-state index contributed by atoms with van der Waals surface area (Å²) in [6, 6.07) is 12.4. The monoisotopic (exact) mass is 345 g/mol. The maximum absolute atomic E-state index is 12.3. The van der Waals surface area contributed by atoms with Crippen LogP contribution >= 0.6 is 0 Å². The van der Waals surface area contributed by atoms with Crippen molar-refractivity contribution in [3.8, 4) is 0 Å². The number of hydrogen-bond acceptors (Lipinski definition) is 3. The van der Waals surface area contributed by atoms with Gasteiger partial charge in [0.25, 0.3) is 0 Å². The molecule has 0 saturated carbocycles. The fourth-order valence-electron chi connectivity index (χ4n) is 2.55. The molecule has 0 aliphatic rings. The van der Waals surface area contributed by atoms with Crippen molar-refractivity contribution in [3.05, 3.63) is 64.1 Å². The van der Waals surface area contributed by atoms with Crippen LogP contribution in [0.4, 0.5) is 0 Å². The number of benzene rings is 2. The normalized spacial score (nSPS) is 11.9. The highest BCUT2D eigenvalue weighted by molar-refractivity contribution is 7.89. The van der Waals surface area contributed by atoms with Gasteiger partial charge in [0, 0.05) is 6.54 Å². The Labute approximate surface area is 140 Å². The second kappa shape index (κ2) is 6.62. The number of hydrogen-bond donors (Lipinski definition) is 3. The highest BCUT2D eigenvalue weighted by atomic mass is 32.2. The standard InChI is InChI=1S/C17H19N3O3S/c1-2-12-3-6-14(7-4-12)24(22,23)18-10-9-13-5-8-15-16(11-13)20-17(21)19-15/h3-8,11,18H,2,9-10H2,1H3,(H2,19,20,21). The lowest BCUT2D eigenvalue weighted by Crippen LogP contribution is -2.26. The molecule has 6 nitrogen and oxygen atoms in total. The Bertz CT molecular complexity index is 1000. The molecule has 7 heteroatoms. The van der Waals surface area contributed by atoms with Crippen molar-refractivity contribution in [2.24, 2.45) is 0 Å². The van der Waals surface area contributed by atoms with Crippen LogP contribution in [0.1, 0.15) is 18.1 Å². The molecule has 3 N–H and O–H groups in total. The van der Waals surface area contributed by atoms with Crippen LogP contribution < -0.4 is 10.4 Å². The largest absolute Gasteiger partial charge is 0.323 e. The Kier molecular flexibility index (Phi) is 4.55. The number of fused-ring (bicyclic) bond motifs is 1. The number of aryl methyl sites for hydroxylation is 1. The van der Waals surface area contributed by atoms with Gasteiger partial charge in [0.05, 0.1) is 15.9 Å². The van der Waals surface area contributed by atoms with Crippen LogP contribution in [-0.2, 0) is 22.9 Å². The molecule has 2 aromatic carbocycles. The first-order valence-corrected chi connectivity index (χ1v) is 9.26. The number of aromatic amines is 2. The molecule has 24 heavy (non-hydrogen) atoms. The summed E-state index contributed by atoms with van der Waals surface area (Å²) in [4.78, 5) is 16.9. The molecule has 0 bridgehead atoms. The Morgan fingerprint density at radius 1 is 0.958 bits per heavy atom. The second-order valence-electron chi connectivity index (χ2n) is 5.60. The van der Waals surface area contributed by atoms with Crippen molar-refractivity contribution >= 4 is 21.1 Å². The average Bonchev–Trinajstić information content (AvgIpc) is 2.94. The van der Waals surface area contributed by atoms with Gasteiger partial charge in [-0.15, -0.1) is 0 Å². The molecule has 0 atom stereocenters. The fourth-order valence-corrected chi connectivity index (χ4v) is 3.58. The van der Waals surface area contributed by atoms with Gasteiger partial charge >= 0.3 is 5.69 Å². The molecular weight excluding hydrogens is 326 g/mol. The lowest BCUT2D eigenvalue weighted by Gasteiger charge is -2.07. The summed E-state index contributed by atoms with van der Waals surface area (Å²) in [5, 5.41) is 0. The van der Waals surface area contributed by atoms with Crippen molar-refractivity contribution < 1.29 is 8.42 Å². The number of H-pyrrole nitrogens is 2. The third-order valence-corrected chi connectivity index (χ3v) is 5.40. The van der Waals surface area contributed by atoms with Crippen molar-refractivity contribution in [2.75, 3.05) is 6.54 Å². The van der Waals surface area contributed by atoms with Crippen molar-refractivity contribution in [1.82, 2.24) is 14.7 Å². The van der Waals surface area contributed by atoms with Crippen LogP contribution in [0.5, 0.6) is 0 Å². The van der Waals surface area contributed by atoms with Gasteiger partial charge in [0.15, 0.2) is 0 Å². The molecule has 0 fully saturated rings. The van der Waals surface area contributed by atoms with Crippen LogP contribution in [0, 0.1) is 0 Å². The Hall–Kier alpha value is -2.38. The molecule has 0 spiro atoms. The fraction of sp³-hybridized carbons (Fsp3) is 0.235. The van der Waals surface area contributed by atoms with E-state index >= 15 is 0 Å². The molecule has 0 saturated heterocycles. The minimum Gasteiger partial charge on any atom is -0.306 e. The second-order valence-corrected chi connectivity index (χ2v) is 7.37. The number of rotatable bonds is 6. The smallest absolute Gasteiger partial charge is 0.306 e. The van der Waals surface area contributed by atoms with E-state index in [4.69, 9.17) is 0 Å². The van der Waals surface area contributed by atoms with Gasteiger partial charge in [0.2, 0.25) is 10.0 Å². The van der Waals surface area contributed by atoms with E-state index in [2.05, 4.69) is 14.7 Å². The SMILES string of the molecule is CCc1ccc(S(=O)(=O)NCCc2ccc3[nH]c(=O)[nH]c3c2)cc1. The molecule has 126 valence electrons. The van der Waals surface area contributed by atoms with Crippen molar-refractivity contribution in [3.63, 3.8) is 0 Å². The summed E-state index contributed by atoms with van der Waals surface area (Å²) in [6.45, 7) is 2.31. The zero-order chi connectivity index (χ0) is 17.2. The summed E-state index contributed by atoms with van der Waals surface area (Å²) in [6.07, 6.45) is 1.41. The molecule has 3 rings (SSSR count). The summed E-state index contributed by atoms with van der Waals surface area (Å²) in [7, 11) is -3.51. The Balaban J connectivity index is 1.66. The first-order chi connectivity index (χ1) is 11.5. The number of nitrogens with one attached hydrogen (secondary N) is 3. The lowest BCUT2D eigenvalue weighted by atomic mass is 10.1. The predicted octanol–water partition coefficient (Wildman–Crippen LogP) is 1.94. The third kappa shape index (κ3) is 3.58. The zero-order valence-corrected chi connectivity index (χ0v) is 14.1. The van der Waals surface area contributed by atoms with E-state index in [-0.39, 0.29) is 17.1 Å². The molecule has 0 aliphatic carbocycles. The molecule has 1 heterocycles. The van der Waals surface area contributed by atoms with Crippen molar-refractivity contribution in [2.45, 2.75) is 24.7 Å². The van der Waals surface area contributed by atoms with E-state index < -0.39 is 10.0 Å². The molecular formula is C17H19N3O3S. The molecule has 0 amide bonds. The van der Waals surface area contributed by atoms with Crippen LogP contribution in [0.15, 0.2) is 52.2 Å². The lowest BCUT2D eigenvalue weighted by molar-refractivity contribution is 0.581. The minimum absolute atomic E-state index is 0.252. The number of sulfonamides is 1. The van der Waals surface area contributed by atoms with E-state index in [1.54, 1.807) is 18.2 Å². The topological polar surface area (TPSA) is 94.8 Å². The van der Waals surface area contributed by atoms with Crippen LogP contribution in [-0.4, -0.2) is 24.9 Å². The van der Waals surface area contributed by atoms with Gasteiger partial charge in [-0.2, -0.15) is 0 Å². The summed E-state index contributed by atoms with van der Waals surface area (Å²) in [5.74, 6) is 0. The predicted molar refractivity (Wildman–Crippen MR) is 93.6 cm³/mol. The summed E-state index contributed by atoms with van der Waals surface area (Å²) in [5.41, 5.74) is 3.25.